The fourth-order valence-electron chi connectivity index (χ4n) is 3.80. The summed E-state index contributed by atoms with van der Waals surface area (Å²) in [5.74, 6) is -0.809. The molecule has 2 aliphatic rings. The summed E-state index contributed by atoms with van der Waals surface area (Å²) in [6.07, 6.45) is 8.07. The monoisotopic (exact) mass is 398 g/mol. The van der Waals surface area contributed by atoms with E-state index in [4.69, 9.17) is 4.74 Å². The Bertz CT molecular complexity index is 726. The average molecular weight is 399 g/mol. The van der Waals surface area contributed by atoms with E-state index in [1.807, 2.05) is 47.4 Å². The summed E-state index contributed by atoms with van der Waals surface area (Å²) >= 11 is 0. The van der Waals surface area contributed by atoms with Crippen LogP contribution in [0.3, 0.4) is 0 Å². The van der Waals surface area contributed by atoms with Crippen molar-refractivity contribution in [1.29, 1.82) is 0 Å². The number of hydrogen-bond acceptors (Lipinski definition) is 4. The molecular weight excluding hydrogens is 368 g/mol. The molecule has 156 valence electrons. The first-order valence-corrected chi connectivity index (χ1v) is 10.6. The first kappa shape index (κ1) is 21.1. The molecule has 0 spiro atoms. The van der Waals surface area contributed by atoms with Crippen LogP contribution in [0.15, 0.2) is 42.5 Å². The second-order valence-electron chi connectivity index (χ2n) is 7.72. The highest BCUT2D eigenvalue weighted by atomic mass is 16.5. The Morgan fingerprint density at radius 2 is 1.83 bits per heavy atom. The summed E-state index contributed by atoms with van der Waals surface area (Å²) in [6, 6.07) is 9.42. The summed E-state index contributed by atoms with van der Waals surface area (Å²) in [6.45, 7) is 1.77. The average Bonchev–Trinajstić information content (AvgIpc) is 2.75. The Morgan fingerprint density at radius 1 is 1.07 bits per heavy atom. The topological polar surface area (TPSA) is 75.7 Å². The van der Waals surface area contributed by atoms with Gasteiger partial charge in [0.2, 0.25) is 11.8 Å². The maximum Gasteiger partial charge on any atom is 0.306 e. The molecule has 2 atom stereocenters. The molecule has 1 aromatic carbocycles. The van der Waals surface area contributed by atoms with Gasteiger partial charge in [-0.05, 0) is 37.7 Å². The van der Waals surface area contributed by atoms with Crippen molar-refractivity contribution in [2.24, 2.45) is 5.92 Å². The van der Waals surface area contributed by atoms with Gasteiger partial charge in [-0.1, -0.05) is 42.5 Å². The third kappa shape index (κ3) is 6.44. The van der Waals surface area contributed by atoms with E-state index in [0.29, 0.717) is 19.3 Å². The molecule has 1 fully saturated rings. The van der Waals surface area contributed by atoms with Gasteiger partial charge >= 0.3 is 5.97 Å². The summed E-state index contributed by atoms with van der Waals surface area (Å²) in [5, 5.41) is 2.91. The number of rotatable bonds is 3. The Labute approximate surface area is 172 Å². The molecule has 3 rings (SSSR count). The minimum absolute atomic E-state index is 0.0522. The number of cyclic esters (lactones) is 1. The van der Waals surface area contributed by atoms with Crippen molar-refractivity contribution in [3.05, 3.63) is 48.0 Å². The smallest absolute Gasteiger partial charge is 0.306 e. The van der Waals surface area contributed by atoms with Crippen LogP contribution in [-0.2, 0) is 19.1 Å². The fraction of sp³-hybridized carbons (Fsp3) is 0.522. The van der Waals surface area contributed by atoms with Crippen LogP contribution in [0.1, 0.15) is 56.6 Å². The van der Waals surface area contributed by atoms with Gasteiger partial charge in [0.25, 0.3) is 0 Å². The van der Waals surface area contributed by atoms with E-state index in [9.17, 15) is 14.4 Å². The van der Waals surface area contributed by atoms with Crippen molar-refractivity contribution in [3.8, 4) is 0 Å². The Morgan fingerprint density at radius 3 is 2.59 bits per heavy atom. The minimum Gasteiger partial charge on any atom is -0.456 e. The summed E-state index contributed by atoms with van der Waals surface area (Å²) in [7, 11) is 0. The van der Waals surface area contributed by atoms with Crippen molar-refractivity contribution in [3.63, 3.8) is 0 Å². The van der Waals surface area contributed by atoms with Crippen molar-refractivity contribution >= 4 is 17.8 Å². The van der Waals surface area contributed by atoms with Crippen LogP contribution in [0, 0.1) is 5.92 Å². The number of carbonyl (C=O) groups is 3. The SMILES string of the molecule is O=C1CCC=CC[C@@H](CC(=O)N2CCCCC2)C(=O)NC[C@@H](c2ccccc2)O1. The van der Waals surface area contributed by atoms with E-state index in [1.54, 1.807) is 0 Å². The zero-order valence-electron chi connectivity index (χ0n) is 16.8. The quantitative estimate of drug-likeness (QED) is 0.627. The maximum atomic E-state index is 12.9. The molecule has 6 nitrogen and oxygen atoms in total. The summed E-state index contributed by atoms with van der Waals surface area (Å²) in [4.78, 5) is 39.5. The van der Waals surface area contributed by atoms with Crippen molar-refractivity contribution in [2.75, 3.05) is 19.6 Å². The molecule has 0 aliphatic carbocycles. The van der Waals surface area contributed by atoms with Gasteiger partial charge in [-0.2, -0.15) is 0 Å². The molecule has 1 aromatic rings. The predicted octanol–water partition coefficient (Wildman–Crippen LogP) is 3.15. The lowest BCUT2D eigenvalue weighted by molar-refractivity contribution is -0.150. The Balaban J connectivity index is 1.68. The molecule has 6 heteroatoms. The molecule has 0 bridgehead atoms. The molecule has 0 aromatic heterocycles. The normalized spacial score (nSPS) is 24.1. The number of likely N-dealkylation sites (tertiary alicyclic amines) is 1. The number of hydrogen-bond donors (Lipinski definition) is 1. The highest BCUT2D eigenvalue weighted by Crippen LogP contribution is 2.20. The summed E-state index contributed by atoms with van der Waals surface area (Å²) < 4.78 is 5.61. The lowest BCUT2D eigenvalue weighted by Gasteiger charge is -2.28. The first-order chi connectivity index (χ1) is 14.1. The van der Waals surface area contributed by atoms with Crippen LogP contribution in [0.2, 0.25) is 0 Å². The summed E-state index contributed by atoms with van der Waals surface area (Å²) in [5.41, 5.74) is 0.842. The van der Waals surface area contributed by atoms with E-state index in [0.717, 1.165) is 37.9 Å². The standard InChI is InChI=1S/C23H30N2O4/c26-21(25-14-8-3-9-15-25)16-19-12-6-2-7-13-22(27)29-20(17-24-23(19)28)18-10-4-1-5-11-18/h1-2,4-6,10-11,19-20H,3,7-9,12-17H2,(H,24,28)/t19-,20-/m0/s1. The third-order valence-electron chi connectivity index (χ3n) is 5.51. The molecule has 29 heavy (non-hydrogen) atoms. The number of carbonyl (C=O) groups excluding carboxylic acids is 3. The Kier molecular flexibility index (Phi) is 7.85. The zero-order valence-corrected chi connectivity index (χ0v) is 16.8. The predicted molar refractivity (Wildman–Crippen MR) is 110 cm³/mol. The molecule has 0 radical (unpaired) electrons. The van der Waals surface area contributed by atoms with Gasteiger partial charge in [0.1, 0.15) is 6.10 Å². The number of esters is 1. The van der Waals surface area contributed by atoms with Crippen molar-refractivity contribution in [1.82, 2.24) is 10.2 Å². The van der Waals surface area contributed by atoms with Gasteiger partial charge < -0.3 is 15.0 Å². The number of nitrogens with zero attached hydrogens (tertiary/aromatic N) is 1. The zero-order chi connectivity index (χ0) is 20.5. The van der Waals surface area contributed by atoms with E-state index in [2.05, 4.69) is 5.32 Å². The number of piperidine rings is 1. The van der Waals surface area contributed by atoms with Gasteiger partial charge in [0.05, 0.1) is 12.5 Å². The van der Waals surface area contributed by atoms with E-state index in [-0.39, 0.29) is 30.7 Å². The van der Waals surface area contributed by atoms with E-state index in [1.165, 1.54) is 0 Å². The van der Waals surface area contributed by atoms with Crippen LogP contribution in [-0.4, -0.2) is 42.3 Å². The molecule has 0 unspecified atom stereocenters. The van der Waals surface area contributed by atoms with Gasteiger partial charge in [-0.15, -0.1) is 0 Å². The molecule has 2 amide bonds. The van der Waals surface area contributed by atoms with Crippen LogP contribution in [0.4, 0.5) is 0 Å². The minimum atomic E-state index is -0.533. The van der Waals surface area contributed by atoms with Crippen LogP contribution < -0.4 is 5.32 Å². The number of ether oxygens (including phenoxy) is 1. The molecule has 0 saturated carbocycles. The van der Waals surface area contributed by atoms with Crippen LogP contribution in [0.5, 0.6) is 0 Å². The van der Waals surface area contributed by atoms with Gasteiger partial charge in [0.15, 0.2) is 0 Å². The second-order valence-corrected chi connectivity index (χ2v) is 7.72. The van der Waals surface area contributed by atoms with Gasteiger partial charge in [0, 0.05) is 25.9 Å². The molecule has 1 N–H and O–H groups in total. The molecule has 1 saturated heterocycles. The molecule has 2 heterocycles. The lowest BCUT2D eigenvalue weighted by atomic mass is 9.97. The van der Waals surface area contributed by atoms with E-state index < -0.39 is 12.0 Å². The fourth-order valence-corrected chi connectivity index (χ4v) is 3.80. The molecular formula is C23H30N2O4. The lowest BCUT2D eigenvalue weighted by Crippen LogP contribution is -2.40. The van der Waals surface area contributed by atoms with Gasteiger partial charge in [-0.3, -0.25) is 14.4 Å². The Hall–Kier alpha value is -2.63. The molecule has 2 aliphatic heterocycles. The second kappa shape index (κ2) is 10.8. The van der Waals surface area contributed by atoms with Crippen LogP contribution >= 0.6 is 0 Å². The number of benzene rings is 1. The third-order valence-corrected chi connectivity index (χ3v) is 5.51. The van der Waals surface area contributed by atoms with Crippen LogP contribution in [0.25, 0.3) is 0 Å². The highest BCUT2D eigenvalue weighted by Gasteiger charge is 2.26. The number of allylic oxidation sites excluding steroid dienone is 2. The highest BCUT2D eigenvalue weighted by molar-refractivity contribution is 5.86. The number of nitrogens with one attached hydrogen (secondary N) is 1. The first-order valence-electron chi connectivity index (χ1n) is 10.6. The maximum absolute atomic E-state index is 12.9. The largest absolute Gasteiger partial charge is 0.456 e. The van der Waals surface area contributed by atoms with Gasteiger partial charge in [-0.25, -0.2) is 0 Å². The van der Waals surface area contributed by atoms with E-state index >= 15 is 0 Å². The number of amides is 2. The van der Waals surface area contributed by atoms with Crippen molar-refractivity contribution < 1.29 is 19.1 Å². The van der Waals surface area contributed by atoms with Crippen molar-refractivity contribution in [2.45, 2.75) is 51.0 Å².